The van der Waals surface area contributed by atoms with Crippen LogP contribution < -0.4 is 5.32 Å². The quantitative estimate of drug-likeness (QED) is 0.570. The number of hydrogen-bond donors (Lipinski definition) is 1. The van der Waals surface area contributed by atoms with E-state index in [9.17, 15) is 9.59 Å². The molecular weight excluding hydrogens is 390 g/mol. The van der Waals surface area contributed by atoms with Gasteiger partial charge in [-0.2, -0.15) is 0 Å². The Morgan fingerprint density at radius 1 is 1.06 bits per heavy atom. The molecule has 0 saturated heterocycles. The Labute approximate surface area is 182 Å². The molecule has 0 atom stereocenters. The van der Waals surface area contributed by atoms with Crippen molar-refractivity contribution in [3.8, 4) is 0 Å². The maximum atomic E-state index is 12.8. The molecule has 0 bridgehead atoms. The third-order valence-electron chi connectivity index (χ3n) is 5.47. The maximum Gasteiger partial charge on any atom is 0.273 e. The zero-order chi connectivity index (χ0) is 21.6. The van der Waals surface area contributed by atoms with Crippen LogP contribution in [0.1, 0.15) is 52.2 Å². The predicted molar refractivity (Wildman–Crippen MR) is 117 cm³/mol. The van der Waals surface area contributed by atoms with Crippen molar-refractivity contribution in [3.63, 3.8) is 0 Å². The molecule has 1 aromatic heterocycles. The van der Waals surface area contributed by atoms with E-state index < -0.39 is 0 Å². The summed E-state index contributed by atoms with van der Waals surface area (Å²) in [4.78, 5) is 27.1. The minimum absolute atomic E-state index is 0.105. The molecule has 0 unspecified atom stereocenters. The molecule has 0 radical (unpaired) electrons. The summed E-state index contributed by atoms with van der Waals surface area (Å²) in [5, 5.41) is 6.76. The number of carbonyl (C=O) groups excluding carboxylic acids is 2. The van der Waals surface area contributed by atoms with Gasteiger partial charge in [-0.05, 0) is 37.3 Å². The third-order valence-corrected chi connectivity index (χ3v) is 5.47. The van der Waals surface area contributed by atoms with Gasteiger partial charge in [-0.1, -0.05) is 65.3 Å². The van der Waals surface area contributed by atoms with Gasteiger partial charge in [0.25, 0.3) is 5.91 Å². The summed E-state index contributed by atoms with van der Waals surface area (Å²) in [6.45, 7) is 2.79. The van der Waals surface area contributed by atoms with Gasteiger partial charge in [-0.15, -0.1) is 0 Å². The normalized spacial score (nSPS) is 13.1. The van der Waals surface area contributed by atoms with Crippen molar-refractivity contribution in [2.75, 3.05) is 0 Å². The van der Waals surface area contributed by atoms with Crippen LogP contribution in [0.2, 0.25) is 0 Å². The van der Waals surface area contributed by atoms with Gasteiger partial charge in [-0.3, -0.25) is 9.59 Å². The Morgan fingerprint density at radius 3 is 2.52 bits per heavy atom. The Balaban J connectivity index is 1.32. The summed E-state index contributed by atoms with van der Waals surface area (Å²) < 4.78 is 5.37. The highest BCUT2D eigenvalue weighted by atomic mass is 16.5. The average Bonchev–Trinajstić information content (AvgIpc) is 3.53. The van der Waals surface area contributed by atoms with Crippen LogP contribution >= 0.6 is 0 Å². The van der Waals surface area contributed by atoms with Gasteiger partial charge < -0.3 is 14.7 Å². The summed E-state index contributed by atoms with van der Waals surface area (Å²) in [6.07, 6.45) is 3.19. The van der Waals surface area contributed by atoms with Gasteiger partial charge >= 0.3 is 0 Å². The number of amides is 2. The van der Waals surface area contributed by atoms with E-state index in [-0.39, 0.29) is 23.6 Å². The second kappa shape index (κ2) is 9.60. The van der Waals surface area contributed by atoms with E-state index in [1.54, 1.807) is 6.07 Å². The monoisotopic (exact) mass is 417 g/mol. The van der Waals surface area contributed by atoms with E-state index in [2.05, 4.69) is 10.5 Å². The Bertz CT molecular complexity index is 1020. The standard InChI is InChI=1S/C25H27N3O3/c1-18-7-9-20(10-8-18)16-26-25(30)23-15-22(31-27-23)17-28(21-12-13-21)24(29)14-11-19-5-3-2-4-6-19/h2-10,15,21H,11-14,16-17H2,1H3,(H,26,30). The van der Waals surface area contributed by atoms with Crippen molar-refractivity contribution in [2.45, 2.75) is 51.7 Å². The molecule has 1 heterocycles. The molecule has 31 heavy (non-hydrogen) atoms. The first-order valence-corrected chi connectivity index (χ1v) is 10.7. The fourth-order valence-electron chi connectivity index (χ4n) is 3.49. The first-order valence-electron chi connectivity index (χ1n) is 10.7. The van der Waals surface area contributed by atoms with Crippen LogP contribution in [-0.4, -0.2) is 27.9 Å². The highest BCUT2D eigenvalue weighted by Crippen LogP contribution is 2.29. The number of aryl methyl sites for hydroxylation is 2. The molecule has 6 heteroatoms. The molecule has 1 fully saturated rings. The van der Waals surface area contributed by atoms with Crippen LogP contribution in [0, 0.1) is 6.92 Å². The Hall–Kier alpha value is -3.41. The minimum Gasteiger partial charge on any atom is -0.359 e. The lowest BCUT2D eigenvalue weighted by Gasteiger charge is -2.21. The summed E-state index contributed by atoms with van der Waals surface area (Å²) >= 11 is 0. The molecule has 2 amide bonds. The first kappa shape index (κ1) is 20.8. The van der Waals surface area contributed by atoms with Crippen LogP contribution in [0.5, 0.6) is 0 Å². The second-order valence-corrected chi connectivity index (χ2v) is 8.09. The molecule has 0 aliphatic heterocycles. The molecule has 4 rings (SSSR count). The number of rotatable bonds is 9. The number of hydrogen-bond acceptors (Lipinski definition) is 4. The smallest absolute Gasteiger partial charge is 0.273 e. The minimum atomic E-state index is -0.288. The largest absolute Gasteiger partial charge is 0.359 e. The van der Waals surface area contributed by atoms with Crippen molar-refractivity contribution in [2.24, 2.45) is 0 Å². The molecular formula is C25H27N3O3. The number of nitrogens with zero attached hydrogens (tertiary/aromatic N) is 2. The zero-order valence-electron chi connectivity index (χ0n) is 17.7. The van der Waals surface area contributed by atoms with Gasteiger partial charge in [-0.25, -0.2) is 0 Å². The first-order chi connectivity index (χ1) is 15.1. The van der Waals surface area contributed by atoms with Crippen LogP contribution in [0.3, 0.4) is 0 Å². The SMILES string of the molecule is Cc1ccc(CNC(=O)c2cc(CN(C(=O)CCc3ccccc3)C3CC3)on2)cc1. The van der Waals surface area contributed by atoms with Gasteiger partial charge in [0.15, 0.2) is 11.5 Å². The molecule has 0 spiro atoms. The molecule has 6 nitrogen and oxygen atoms in total. The second-order valence-electron chi connectivity index (χ2n) is 8.09. The fraction of sp³-hybridized carbons (Fsp3) is 0.320. The van der Waals surface area contributed by atoms with E-state index in [0.717, 1.165) is 24.0 Å². The number of benzene rings is 2. The maximum absolute atomic E-state index is 12.8. The van der Waals surface area contributed by atoms with E-state index in [4.69, 9.17) is 4.52 Å². The van der Waals surface area contributed by atoms with Gasteiger partial charge in [0.2, 0.25) is 5.91 Å². The Morgan fingerprint density at radius 2 is 1.81 bits per heavy atom. The lowest BCUT2D eigenvalue weighted by Crippen LogP contribution is -2.32. The van der Waals surface area contributed by atoms with Crippen molar-refractivity contribution in [1.82, 2.24) is 15.4 Å². The lowest BCUT2D eigenvalue weighted by molar-refractivity contribution is -0.132. The van der Waals surface area contributed by atoms with Gasteiger partial charge in [0, 0.05) is 25.1 Å². The van der Waals surface area contributed by atoms with Gasteiger partial charge in [0.05, 0.1) is 6.54 Å². The molecule has 1 aliphatic carbocycles. The summed E-state index contributed by atoms with van der Waals surface area (Å²) in [6, 6.07) is 19.9. The highest BCUT2D eigenvalue weighted by Gasteiger charge is 2.33. The molecule has 160 valence electrons. The van der Waals surface area contributed by atoms with Crippen LogP contribution in [-0.2, 0) is 24.3 Å². The number of carbonyl (C=O) groups is 2. The molecule has 3 aromatic rings. The third kappa shape index (κ3) is 5.81. The number of aromatic nitrogens is 1. The fourth-order valence-corrected chi connectivity index (χ4v) is 3.49. The van der Waals surface area contributed by atoms with Gasteiger partial charge in [0.1, 0.15) is 0 Å². The molecule has 1 aliphatic rings. The van der Waals surface area contributed by atoms with E-state index in [1.165, 1.54) is 5.56 Å². The molecule has 2 aromatic carbocycles. The van der Waals surface area contributed by atoms with Crippen molar-refractivity contribution < 1.29 is 14.1 Å². The topological polar surface area (TPSA) is 75.4 Å². The average molecular weight is 418 g/mol. The van der Waals surface area contributed by atoms with Crippen LogP contribution in [0.15, 0.2) is 65.2 Å². The van der Waals surface area contributed by atoms with Crippen molar-refractivity contribution >= 4 is 11.8 Å². The van der Waals surface area contributed by atoms with Crippen LogP contribution in [0.25, 0.3) is 0 Å². The molecule has 1 N–H and O–H groups in total. The van der Waals surface area contributed by atoms with E-state index in [0.29, 0.717) is 31.7 Å². The predicted octanol–water partition coefficient (Wildman–Crippen LogP) is 4.04. The lowest BCUT2D eigenvalue weighted by atomic mass is 10.1. The Kier molecular flexibility index (Phi) is 6.46. The highest BCUT2D eigenvalue weighted by molar-refractivity contribution is 5.92. The van der Waals surface area contributed by atoms with E-state index in [1.807, 2.05) is 66.4 Å². The van der Waals surface area contributed by atoms with Crippen LogP contribution in [0.4, 0.5) is 0 Å². The number of nitrogens with one attached hydrogen (secondary N) is 1. The summed E-state index contributed by atoms with van der Waals surface area (Å²) in [7, 11) is 0. The van der Waals surface area contributed by atoms with Crippen molar-refractivity contribution in [3.05, 3.63) is 88.8 Å². The zero-order valence-corrected chi connectivity index (χ0v) is 17.7. The van der Waals surface area contributed by atoms with Crippen molar-refractivity contribution in [1.29, 1.82) is 0 Å². The summed E-state index contributed by atoms with van der Waals surface area (Å²) in [5.74, 6) is 0.345. The molecule has 1 saturated carbocycles. The van der Waals surface area contributed by atoms with E-state index >= 15 is 0 Å². The summed E-state index contributed by atoms with van der Waals surface area (Å²) in [5.41, 5.74) is 3.58.